The highest BCUT2D eigenvalue weighted by Crippen LogP contribution is 2.30. The lowest BCUT2D eigenvalue weighted by atomic mass is 10.1. The minimum atomic E-state index is 0.232. The summed E-state index contributed by atoms with van der Waals surface area (Å²) >= 11 is 6.44. The Hall–Kier alpha value is -2.57. The van der Waals surface area contributed by atoms with Gasteiger partial charge in [-0.25, -0.2) is 4.68 Å². The molecule has 1 heterocycles. The molecule has 1 aromatic heterocycles. The van der Waals surface area contributed by atoms with Crippen molar-refractivity contribution in [2.24, 2.45) is 0 Å². The molecule has 0 atom stereocenters. The SMILES string of the molecule is N#CCc1c(-c2ccccc2)nn(-c2ccccc2)c1Cl. The van der Waals surface area contributed by atoms with Crippen LogP contribution in [0.15, 0.2) is 60.7 Å². The fourth-order valence-electron chi connectivity index (χ4n) is 2.23. The predicted octanol–water partition coefficient (Wildman–Crippen LogP) is 4.26. The second-order valence-corrected chi connectivity index (χ2v) is 4.92. The number of hydrogen-bond donors (Lipinski definition) is 0. The van der Waals surface area contributed by atoms with Crippen molar-refractivity contribution in [2.45, 2.75) is 6.42 Å². The molecular weight excluding hydrogens is 282 g/mol. The van der Waals surface area contributed by atoms with Crippen LogP contribution in [0.3, 0.4) is 0 Å². The molecule has 0 aliphatic rings. The van der Waals surface area contributed by atoms with Crippen LogP contribution < -0.4 is 0 Å². The van der Waals surface area contributed by atoms with Crippen molar-refractivity contribution in [1.29, 1.82) is 5.26 Å². The third-order valence-corrected chi connectivity index (χ3v) is 3.61. The number of para-hydroxylation sites is 1. The Morgan fingerprint density at radius 1 is 1.00 bits per heavy atom. The molecule has 0 radical (unpaired) electrons. The minimum absolute atomic E-state index is 0.232. The Kier molecular flexibility index (Phi) is 3.72. The molecule has 0 bridgehead atoms. The van der Waals surface area contributed by atoms with Crippen LogP contribution in [0.2, 0.25) is 5.15 Å². The molecule has 0 aliphatic heterocycles. The van der Waals surface area contributed by atoms with Gasteiger partial charge in [0.25, 0.3) is 0 Å². The van der Waals surface area contributed by atoms with Crippen LogP contribution in [-0.2, 0) is 6.42 Å². The summed E-state index contributed by atoms with van der Waals surface area (Å²) in [6, 6.07) is 21.6. The zero-order chi connectivity index (χ0) is 14.7. The lowest BCUT2D eigenvalue weighted by Gasteiger charge is -2.01. The van der Waals surface area contributed by atoms with Gasteiger partial charge in [-0.2, -0.15) is 10.4 Å². The minimum Gasteiger partial charge on any atom is -0.221 e. The maximum atomic E-state index is 9.05. The zero-order valence-corrected chi connectivity index (χ0v) is 12.0. The van der Waals surface area contributed by atoms with Gasteiger partial charge in [-0.3, -0.25) is 0 Å². The van der Waals surface area contributed by atoms with Crippen LogP contribution in [0.1, 0.15) is 5.56 Å². The highest BCUT2D eigenvalue weighted by atomic mass is 35.5. The van der Waals surface area contributed by atoms with E-state index in [9.17, 15) is 0 Å². The van der Waals surface area contributed by atoms with E-state index >= 15 is 0 Å². The zero-order valence-electron chi connectivity index (χ0n) is 11.2. The molecule has 3 aromatic rings. The van der Waals surface area contributed by atoms with Crippen molar-refractivity contribution >= 4 is 11.6 Å². The summed E-state index contributed by atoms with van der Waals surface area (Å²) < 4.78 is 1.68. The largest absolute Gasteiger partial charge is 0.221 e. The molecule has 0 fully saturated rings. The summed E-state index contributed by atoms with van der Waals surface area (Å²) in [4.78, 5) is 0. The standard InChI is InChI=1S/C17H12ClN3/c18-17-15(11-12-19)16(13-7-3-1-4-8-13)20-21(17)14-9-5-2-6-10-14/h1-10H,11H2. The first-order valence-corrected chi connectivity index (χ1v) is 6.94. The van der Waals surface area contributed by atoms with Gasteiger partial charge in [-0.1, -0.05) is 60.1 Å². The maximum absolute atomic E-state index is 9.05. The quantitative estimate of drug-likeness (QED) is 0.724. The molecule has 2 aromatic carbocycles. The summed E-state index contributed by atoms with van der Waals surface area (Å²) in [7, 11) is 0. The fraction of sp³-hybridized carbons (Fsp3) is 0.0588. The van der Waals surface area contributed by atoms with E-state index in [-0.39, 0.29) is 6.42 Å². The van der Waals surface area contributed by atoms with E-state index in [1.54, 1.807) is 4.68 Å². The Bertz CT molecular complexity index is 786. The van der Waals surface area contributed by atoms with Gasteiger partial charge >= 0.3 is 0 Å². The van der Waals surface area contributed by atoms with Gasteiger partial charge in [-0.05, 0) is 12.1 Å². The molecule has 0 aliphatic carbocycles. The topological polar surface area (TPSA) is 41.6 Å². The molecule has 3 rings (SSSR count). The maximum Gasteiger partial charge on any atom is 0.137 e. The molecule has 102 valence electrons. The number of nitriles is 1. The third-order valence-electron chi connectivity index (χ3n) is 3.22. The summed E-state index contributed by atoms with van der Waals surface area (Å²) in [6.07, 6.45) is 0.232. The summed E-state index contributed by atoms with van der Waals surface area (Å²) in [5.74, 6) is 0. The molecule has 0 saturated heterocycles. The van der Waals surface area contributed by atoms with Gasteiger partial charge in [0, 0.05) is 11.1 Å². The third kappa shape index (κ3) is 2.54. The van der Waals surface area contributed by atoms with E-state index < -0.39 is 0 Å². The summed E-state index contributed by atoms with van der Waals surface area (Å²) in [5, 5.41) is 14.1. The van der Waals surface area contributed by atoms with Gasteiger partial charge in [0.2, 0.25) is 0 Å². The molecule has 0 saturated carbocycles. The lowest BCUT2D eigenvalue weighted by Crippen LogP contribution is -1.96. The molecule has 0 unspecified atom stereocenters. The lowest BCUT2D eigenvalue weighted by molar-refractivity contribution is 0.884. The summed E-state index contributed by atoms with van der Waals surface area (Å²) in [5.41, 5.74) is 3.35. The first-order valence-electron chi connectivity index (χ1n) is 6.56. The van der Waals surface area contributed by atoms with Gasteiger partial charge < -0.3 is 0 Å². The average Bonchev–Trinajstić information content (AvgIpc) is 2.87. The van der Waals surface area contributed by atoms with Crippen molar-refractivity contribution in [3.05, 3.63) is 71.4 Å². The molecule has 21 heavy (non-hydrogen) atoms. The monoisotopic (exact) mass is 293 g/mol. The normalized spacial score (nSPS) is 10.3. The Morgan fingerprint density at radius 2 is 1.62 bits per heavy atom. The van der Waals surface area contributed by atoms with Gasteiger partial charge in [0.05, 0.1) is 23.9 Å². The van der Waals surface area contributed by atoms with Crippen molar-refractivity contribution in [1.82, 2.24) is 9.78 Å². The Labute approximate surface area is 128 Å². The van der Waals surface area contributed by atoms with Gasteiger partial charge in [0.15, 0.2) is 0 Å². The first kappa shape index (κ1) is 13.4. The van der Waals surface area contributed by atoms with Crippen LogP contribution in [0.25, 0.3) is 16.9 Å². The van der Waals surface area contributed by atoms with E-state index in [4.69, 9.17) is 16.9 Å². The van der Waals surface area contributed by atoms with Gasteiger partial charge in [0.1, 0.15) is 5.15 Å². The molecule has 0 N–H and O–H groups in total. The van der Waals surface area contributed by atoms with E-state index in [2.05, 4.69) is 11.2 Å². The number of benzene rings is 2. The van der Waals surface area contributed by atoms with Crippen molar-refractivity contribution in [2.75, 3.05) is 0 Å². The van der Waals surface area contributed by atoms with Crippen LogP contribution in [-0.4, -0.2) is 9.78 Å². The van der Waals surface area contributed by atoms with Crippen molar-refractivity contribution < 1.29 is 0 Å². The number of halogens is 1. The number of aromatic nitrogens is 2. The van der Waals surface area contributed by atoms with E-state index in [1.165, 1.54) is 0 Å². The molecular formula is C17H12ClN3. The molecule has 4 heteroatoms. The highest BCUT2D eigenvalue weighted by Gasteiger charge is 2.18. The van der Waals surface area contributed by atoms with Crippen LogP contribution >= 0.6 is 11.6 Å². The van der Waals surface area contributed by atoms with Gasteiger partial charge in [-0.15, -0.1) is 0 Å². The van der Waals surface area contributed by atoms with Crippen LogP contribution in [0.4, 0.5) is 0 Å². The second-order valence-electron chi connectivity index (χ2n) is 4.57. The smallest absolute Gasteiger partial charge is 0.137 e. The van der Waals surface area contributed by atoms with E-state index in [0.29, 0.717) is 5.15 Å². The van der Waals surface area contributed by atoms with Crippen molar-refractivity contribution in [3.63, 3.8) is 0 Å². The number of hydrogen-bond acceptors (Lipinski definition) is 2. The van der Waals surface area contributed by atoms with Crippen LogP contribution in [0, 0.1) is 11.3 Å². The molecule has 3 nitrogen and oxygen atoms in total. The molecule has 0 spiro atoms. The molecule has 0 amide bonds. The summed E-state index contributed by atoms with van der Waals surface area (Å²) in [6.45, 7) is 0. The number of nitrogens with zero attached hydrogens (tertiary/aromatic N) is 3. The van der Waals surface area contributed by atoms with Crippen molar-refractivity contribution in [3.8, 4) is 23.0 Å². The van der Waals surface area contributed by atoms with E-state index in [1.807, 2.05) is 60.7 Å². The van der Waals surface area contributed by atoms with E-state index in [0.717, 1.165) is 22.5 Å². The first-order chi connectivity index (χ1) is 10.3. The number of rotatable bonds is 3. The fourth-order valence-corrected chi connectivity index (χ4v) is 2.53. The predicted molar refractivity (Wildman–Crippen MR) is 83.3 cm³/mol. The Morgan fingerprint density at radius 3 is 2.24 bits per heavy atom. The Balaban J connectivity index is 2.19. The second kappa shape index (κ2) is 5.82. The van der Waals surface area contributed by atoms with Crippen LogP contribution in [0.5, 0.6) is 0 Å². The average molecular weight is 294 g/mol. The highest BCUT2D eigenvalue weighted by molar-refractivity contribution is 6.31.